The Balaban J connectivity index is 2.74. The van der Waals surface area contributed by atoms with Crippen LogP contribution in [0.15, 0.2) is 0 Å². The number of thiazole rings is 1. The summed E-state index contributed by atoms with van der Waals surface area (Å²) in [7, 11) is 0. The summed E-state index contributed by atoms with van der Waals surface area (Å²) in [6.45, 7) is 3.89. The Hall–Kier alpha value is -0.940. The lowest BCUT2D eigenvalue weighted by Crippen LogP contribution is -2.38. The van der Waals surface area contributed by atoms with Gasteiger partial charge in [0.2, 0.25) is 5.91 Å². The van der Waals surface area contributed by atoms with Crippen molar-refractivity contribution in [2.45, 2.75) is 26.3 Å². The maximum atomic E-state index is 10.7. The van der Waals surface area contributed by atoms with Crippen LogP contribution in [0.5, 0.6) is 0 Å². The van der Waals surface area contributed by atoms with Crippen LogP contribution >= 0.6 is 11.3 Å². The van der Waals surface area contributed by atoms with E-state index in [9.17, 15) is 4.79 Å². The molecule has 0 spiro atoms. The molecule has 1 aromatic heterocycles. The monoisotopic (exact) mass is 199 g/mol. The number of rotatable bonds is 3. The van der Waals surface area contributed by atoms with Crippen LogP contribution in [0.3, 0.4) is 0 Å². The fraction of sp³-hybridized carbons (Fsp3) is 0.500. The molecule has 13 heavy (non-hydrogen) atoms. The summed E-state index contributed by atoms with van der Waals surface area (Å²) < 4.78 is 0. The largest absolute Gasteiger partial charge is 0.368 e. The Morgan fingerprint density at radius 1 is 1.62 bits per heavy atom. The first-order valence-electron chi connectivity index (χ1n) is 3.98. The first kappa shape index (κ1) is 10.1. The molecule has 72 valence electrons. The fourth-order valence-electron chi connectivity index (χ4n) is 1.07. The number of aromatic nitrogens is 1. The Bertz CT molecular complexity index is 321. The molecule has 4 nitrogen and oxygen atoms in total. The highest BCUT2D eigenvalue weighted by Gasteiger charge is 2.14. The third-order valence-electron chi connectivity index (χ3n) is 1.78. The molecule has 0 radical (unpaired) electrons. The lowest BCUT2D eigenvalue weighted by atomic mass is 10.1. The maximum Gasteiger partial charge on any atom is 0.234 e. The summed E-state index contributed by atoms with van der Waals surface area (Å²) in [6, 6.07) is -0.625. The van der Waals surface area contributed by atoms with Gasteiger partial charge in [0.1, 0.15) is 0 Å². The molecular weight excluding hydrogens is 186 g/mol. The second kappa shape index (κ2) is 3.85. The highest BCUT2D eigenvalue weighted by Crippen LogP contribution is 2.17. The zero-order valence-corrected chi connectivity index (χ0v) is 8.52. The molecule has 1 atom stereocenters. The predicted octanol–water partition coefficient (Wildman–Crippen LogP) is 0.115. The summed E-state index contributed by atoms with van der Waals surface area (Å²) in [5.41, 5.74) is 11.5. The van der Waals surface area contributed by atoms with Crippen molar-refractivity contribution in [3.8, 4) is 0 Å². The topological polar surface area (TPSA) is 82.0 Å². The third-order valence-corrected chi connectivity index (χ3v) is 2.71. The van der Waals surface area contributed by atoms with E-state index in [1.807, 2.05) is 13.8 Å². The number of amides is 1. The summed E-state index contributed by atoms with van der Waals surface area (Å²) in [6.07, 6.45) is 0.436. The quantitative estimate of drug-likeness (QED) is 0.725. The highest BCUT2D eigenvalue weighted by atomic mass is 32.1. The minimum Gasteiger partial charge on any atom is -0.368 e. The van der Waals surface area contributed by atoms with E-state index in [1.165, 1.54) is 0 Å². The summed E-state index contributed by atoms with van der Waals surface area (Å²) in [5.74, 6) is -0.481. The van der Waals surface area contributed by atoms with Crippen molar-refractivity contribution < 1.29 is 4.79 Å². The van der Waals surface area contributed by atoms with E-state index in [4.69, 9.17) is 11.5 Å². The zero-order chi connectivity index (χ0) is 10.0. The van der Waals surface area contributed by atoms with Crippen molar-refractivity contribution in [1.82, 2.24) is 4.98 Å². The Morgan fingerprint density at radius 3 is 2.62 bits per heavy atom. The first-order valence-corrected chi connectivity index (χ1v) is 4.80. The average molecular weight is 199 g/mol. The Morgan fingerprint density at radius 2 is 2.23 bits per heavy atom. The molecule has 0 fully saturated rings. The minimum absolute atomic E-state index is 0.436. The molecule has 1 unspecified atom stereocenters. The summed E-state index contributed by atoms with van der Waals surface area (Å²) in [5, 5.41) is 0.990. The molecule has 0 aliphatic carbocycles. The molecule has 1 aromatic rings. The van der Waals surface area contributed by atoms with Crippen molar-refractivity contribution >= 4 is 17.2 Å². The van der Waals surface area contributed by atoms with Crippen LogP contribution in [0.25, 0.3) is 0 Å². The SMILES string of the molecule is Cc1nc(CC(N)C(N)=O)c(C)s1. The van der Waals surface area contributed by atoms with Crippen molar-refractivity contribution in [3.63, 3.8) is 0 Å². The Kier molecular flexibility index (Phi) is 3.00. The normalized spacial score (nSPS) is 12.8. The van der Waals surface area contributed by atoms with Crippen molar-refractivity contribution in [1.29, 1.82) is 0 Å². The van der Waals surface area contributed by atoms with E-state index < -0.39 is 11.9 Å². The van der Waals surface area contributed by atoms with Gasteiger partial charge in [-0.25, -0.2) is 4.98 Å². The number of nitrogens with two attached hydrogens (primary N) is 2. The van der Waals surface area contributed by atoms with Gasteiger partial charge in [-0.05, 0) is 13.8 Å². The zero-order valence-electron chi connectivity index (χ0n) is 7.70. The van der Waals surface area contributed by atoms with E-state index >= 15 is 0 Å². The van der Waals surface area contributed by atoms with Crippen LogP contribution in [-0.4, -0.2) is 16.9 Å². The summed E-state index contributed by atoms with van der Waals surface area (Å²) >= 11 is 1.60. The van der Waals surface area contributed by atoms with Gasteiger partial charge in [-0.2, -0.15) is 0 Å². The smallest absolute Gasteiger partial charge is 0.234 e. The molecule has 5 heteroatoms. The average Bonchev–Trinajstić information content (AvgIpc) is 2.30. The number of primary amides is 1. The van der Waals surface area contributed by atoms with Gasteiger partial charge >= 0.3 is 0 Å². The van der Waals surface area contributed by atoms with Crippen molar-refractivity contribution in [2.75, 3.05) is 0 Å². The standard InChI is InChI=1S/C8H13N3OS/c1-4-7(11-5(2)13-4)3-6(9)8(10)12/h6H,3,9H2,1-2H3,(H2,10,12). The molecule has 4 N–H and O–H groups in total. The molecular formula is C8H13N3OS. The van der Waals surface area contributed by atoms with Gasteiger partial charge in [-0.15, -0.1) is 11.3 Å². The molecule has 0 bridgehead atoms. The van der Waals surface area contributed by atoms with Gasteiger partial charge in [0.25, 0.3) is 0 Å². The van der Waals surface area contributed by atoms with Gasteiger partial charge in [0, 0.05) is 11.3 Å². The van der Waals surface area contributed by atoms with E-state index in [2.05, 4.69) is 4.98 Å². The lowest BCUT2D eigenvalue weighted by molar-refractivity contribution is -0.119. The molecule has 0 aliphatic rings. The lowest BCUT2D eigenvalue weighted by Gasteiger charge is -2.04. The highest BCUT2D eigenvalue weighted by molar-refractivity contribution is 7.11. The van der Waals surface area contributed by atoms with Crippen LogP contribution in [-0.2, 0) is 11.2 Å². The maximum absolute atomic E-state index is 10.7. The molecule has 1 heterocycles. The molecule has 1 rings (SSSR count). The van der Waals surface area contributed by atoms with E-state index in [-0.39, 0.29) is 0 Å². The van der Waals surface area contributed by atoms with Crippen LogP contribution in [0.1, 0.15) is 15.6 Å². The number of hydrogen-bond donors (Lipinski definition) is 2. The minimum atomic E-state index is -0.625. The van der Waals surface area contributed by atoms with Crippen LogP contribution in [0.2, 0.25) is 0 Å². The molecule has 0 aliphatic heterocycles. The van der Waals surface area contributed by atoms with Gasteiger partial charge in [0.15, 0.2) is 0 Å². The number of nitrogens with zero attached hydrogens (tertiary/aromatic N) is 1. The molecule has 0 saturated heterocycles. The molecule has 0 saturated carbocycles. The Labute approximate surface area is 81.0 Å². The van der Waals surface area contributed by atoms with Gasteiger partial charge in [0.05, 0.1) is 16.7 Å². The second-order valence-electron chi connectivity index (χ2n) is 2.95. The number of aryl methyl sites for hydroxylation is 2. The van der Waals surface area contributed by atoms with Crippen LogP contribution in [0.4, 0.5) is 0 Å². The first-order chi connectivity index (χ1) is 6.00. The van der Waals surface area contributed by atoms with Crippen LogP contribution in [0, 0.1) is 13.8 Å². The van der Waals surface area contributed by atoms with Crippen molar-refractivity contribution in [3.05, 3.63) is 15.6 Å². The predicted molar refractivity (Wildman–Crippen MR) is 52.5 cm³/mol. The molecule has 0 aromatic carbocycles. The van der Waals surface area contributed by atoms with E-state index in [0.717, 1.165) is 15.6 Å². The second-order valence-corrected chi connectivity index (χ2v) is 4.36. The fourth-order valence-corrected chi connectivity index (χ4v) is 1.92. The number of carbonyl (C=O) groups excluding carboxylic acids is 1. The number of hydrogen-bond acceptors (Lipinski definition) is 4. The van der Waals surface area contributed by atoms with Gasteiger partial charge in [-0.1, -0.05) is 0 Å². The van der Waals surface area contributed by atoms with Crippen LogP contribution < -0.4 is 11.5 Å². The van der Waals surface area contributed by atoms with Gasteiger partial charge in [-0.3, -0.25) is 4.79 Å². The van der Waals surface area contributed by atoms with E-state index in [1.54, 1.807) is 11.3 Å². The third kappa shape index (κ3) is 2.50. The van der Waals surface area contributed by atoms with Gasteiger partial charge < -0.3 is 11.5 Å². The van der Waals surface area contributed by atoms with E-state index in [0.29, 0.717) is 6.42 Å². The summed E-state index contributed by atoms with van der Waals surface area (Å²) in [4.78, 5) is 16.1. The number of carbonyl (C=O) groups is 1. The van der Waals surface area contributed by atoms with Crippen molar-refractivity contribution in [2.24, 2.45) is 11.5 Å². The molecule has 1 amide bonds.